The molecule has 1 saturated carbocycles. The molecule has 1 fully saturated rings. The van der Waals surface area contributed by atoms with Crippen molar-refractivity contribution in [3.05, 3.63) is 27.5 Å². The molecule has 0 amide bonds. The number of carbonyl (C=O) groups is 1. The van der Waals surface area contributed by atoms with Crippen molar-refractivity contribution in [1.29, 1.82) is 0 Å². The van der Waals surface area contributed by atoms with Crippen LogP contribution in [0.25, 0.3) is 0 Å². The Labute approximate surface area is 103 Å². The number of nitrogens with zero attached hydrogens (tertiary/aromatic N) is 1. The second-order valence-corrected chi connectivity index (χ2v) is 5.70. The molecule has 0 unspecified atom stereocenters. The van der Waals surface area contributed by atoms with Crippen LogP contribution in [0.15, 0.2) is 15.9 Å². The van der Waals surface area contributed by atoms with E-state index in [0.29, 0.717) is 11.7 Å². The molecule has 1 aromatic heterocycles. The zero-order chi connectivity index (χ0) is 12.2. The highest BCUT2D eigenvalue weighted by Gasteiger charge is 2.36. The molecule has 1 aromatic rings. The van der Waals surface area contributed by atoms with Crippen LogP contribution in [-0.2, 0) is 4.79 Å². The summed E-state index contributed by atoms with van der Waals surface area (Å²) in [6, 6.07) is 0.888. The van der Waals surface area contributed by atoms with Crippen LogP contribution in [0.5, 0.6) is 0 Å². The number of rotatable bonds is 2. The summed E-state index contributed by atoms with van der Waals surface area (Å²) in [6.45, 7) is 1.95. The largest absolute Gasteiger partial charge is 0.480 e. The predicted molar refractivity (Wildman–Crippen MR) is 64.8 cm³/mol. The Morgan fingerprint density at radius 2 is 2.24 bits per heavy atom. The Morgan fingerprint density at radius 1 is 1.53 bits per heavy atom. The first-order chi connectivity index (χ1) is 8.09. The van der Waals surface area contributed by atoms with Crippen LogP contribution in [0.3, 0.4) is 0 Å². The second-order valence-electron chi connectivity index (χ2n) is 4.69. The summed E-state index contributed by atoms with van der Waals surface area (Å²) < 4.78 is 1.47. The van der Waals surface area contributed by atoms with E-state index in [1.807, 2.05) is 6.92 Å². The molecule has 1 atom stereocenters. The minimum atomic E-state index is -0.913. The van der Waals surface area contributed by atoms with Crippen LogP contribution in [0.2, 0.25) is 0 Å². The van der Waals surface area contributed by atoms with Crippen molar-refractivity contribution in [2.75, 3.05) is 5.75 Å². The van der Waals surface area contributed by atoms with Crippen LogP contribution in [-0.4, -0.2) is 21.4 Å². The molecule has 4 nitrogen and oxygen atoms in total. The quantitative estimate of drug-likeness (QED) is 0.870. The third kappa shape index (κ3) is 1.60. The summed E-state index contributed by atoms with van der Waals surface area (Å²) in [4.78, 5) is 23.1. The first kappa shape index (κ1) is 10.9. The van der Waals surface area contributed by atoms with Crippen molar-refractivity contribution in [2.24, 2.45) is 0 Å². The number of aliphatic carboxylic acids is 1. The van der Waals surface area contributed by atoms with Crippen molar-refractivity contribution in [2.45, 2.75) is 36.8 Å². The number of aryl methyl sites for hydroxylation is 1. The summed E-state index contributed by atoms with van der Waals surface area (Å²) in [5.41, 5.74) is 2.04. The lowest BCUT2D eigenvalue weighted by Gasteiger charge is -2.13. The number of carboxylic acids is 1. The lowest BCUT2D eigenvalue weighted by atomic mass is 10.1. The Hall–Kier alpha value is -1.23. The van der Waals surface area contributed by atoms with Gasteiger partial charge in [-0.3, -0.25) is 9.36 Å². The van der Waals surface area contributed by atoms with E-state index < -0.39 is 12.0 Å². The van der Waals surface area contributed by atoms with E-state index in [9.17, 15) is 9.59 Å². The second kappa shape index (κ2) is 3.63. The molecule has 2 aliphatic rings. The Morgan fingerprint density at radius 3 is 2.82 bits per heavy atom. The molecule has 90 valence electrons. The predicted octanol–water partition coefficient (Wildman–Crippen LogP) is 1.77. The first-order valence-corrected chi connectivity index (χ1v) is 6.70. The van der Waals surface area contributed by atoms with Crippen LogP contribution in [0, 0.1) is 6.92 Å². The number of fused-ring (bicyclic) bond motifs is 1. The number of thioether (sulfide) groups is 1. The van der Waals surface area contributed by atoms with Gasteiger partial charge in [-0.1, -0.05) is 0 Å². The van der Waals surface area contributed by atoms with E-state index in [1.165, 1.54) is 21.9 Å². The van der Waals surface area contributed by atoms with Gasteiger partial charge >= 0.3 is 5.97 Å². The molecule has 0 spiro atoms. The van der Waals surface area contributed by atoms with Crippen molar-refractivity contribution in [3.63, 3.8) is 0 Å². The van der Waals surface area contributed by atoms with Crippen LogP contribution < -0.4 is 5.56 Å². The third-order valence-corrected chi connectivity index (χ3v) is 4.58. The van der Waals surface area contributed by atoms with Gasteiger partial charge in [-0.25, -0.2) is 4.79 Å². The van der Waals surface area contributed by atoms with Gasteiger partial charge in [0.05, 0.1) is 5.03 Å². The molecule has 5 heteroatoms. The third-order valence-electron chi connectivity index (χ3n) is 3.41. The molecular weight excluding hydrogens is 238 g/mol. The molecule has 1 N–H and O–H groups in total. The number of hydrogen-bond donors (Lipinski definition) is 1. The monoisotopic (exact) mass is 251 g/mol. The molecule has 2 heterocycles. The maximum atomic E-state index is 11.9. The topological polar surface area (TPSA) is 59.3 Å². The lowest BCUT2D eigenvalue weighted by molar-refractivity contribution is -0.140. The van der Waals surface area contributed by atoms with Gasteiger partial charge in [-0.2, -0.15) is 0 Å². The average molecular weight is 251 g/mol. The van der Waals surface area contributed by atoms with Crippen molar-refractivity contribution in [3.8, 4) is 0 Å². The fourth-order valence-electron chi connectivity index (χ4n) is 2.46. The van der Waals surface area contributed by atoms with Gasteiger partial charge in [0.2, 0.25) is 0 Å². The van der Waals surface area contributed by atoms with Gasteiger partial charge in [0.25, 0.3) is 5.56 Å². The van der Waals surface area contributed by atoms with Crippen molar-refractivity contribution < 1.29 is 9.90 Å². The maximum Gasteiger partial charge on any atom is 0.327 e. The van der Waals surface area contributed by atoms with Gasteiger partial charge < -0.3 is 5.11 Å². The van der Waals surface area contributed by atoms with Crippen molar-refractivity contribution in [1.82, 2.24) is 4.57 Å². The SMILES string of the molecule is Cc1cc(=O)n2c(c1C1CC1)SC[C@H]2C(=O)O. The summed E-state index contributed by atoms with van der Waals surface area (Å²) in [7, 11) is 0. The molecule has 0 radical (unpaired) electrons. The summed E-state index contributed by atoms with van der Waals surface area (Å²) in [6.07, 6.45) is 2.31. The lowest BCUT2D eigenvalue weighted by Crippen LogP contribution is -2.29. The van der Waals surface area contributed by atoms with E-state index in [-0.39, 0.29) is 5.56 Å². The van der Waals surface area contributed by atoms with E-state index in [1.54, 1.807) is 6.07 Å². The molecule has 0 bridgehead atoms. The van der Waals surface area contributed by atoms with E-state index in [2.05, 4.69) is 0 Å². The number of carboxylic acid groups (broad SMARTS) is 1. The number of aromatic nitrogens is 1. The Kier molecular flexibility index (Phi) is 2.33. The van der Waals surface area contributed by atoms with Crippen LogP contribution in [0.1, 0.15) is 35.9 Å². The molecule has 0 aromatic carbocycles. The fraction of sp³-hybridized carbons (Fsp3) is 0.500. The Bertz CT molecular complexity index is 560. The highest BCUT2D eigenvalue weighted by atomic mass is 32.2. The van der Waals surface area contributed by atoms with Gasteiger partial charge in [0.1, 0.15) is 6.04 Å². The molecule has 17 heavy (non-hydrogen) atoms. The van der Waals surface area contributed by atoms with Crippen LogP contribution in [0.4, 0.5) is 0 Å². The van der Waals surface area contributed by atoms with Gasteiger partial charge in [-0.05, 0) is 36.8 Å². The summed E-state index contributed by atoms with van der Waals surface area (Å²) in [5, 5.41) is 10.0. The standard InChI is InChI=1S/C12H13NO3S/c1-6-4-9(14)13-8(12(15)16)5-17-11(13)10(6)7-2-3-7/h4,7-8H,2-3,5H2,1H3,(H,15,16)/t8-/m0/s1. The zero-order valence-electron chi connectivity index (χ0n) is 9.47. The molecule has 3 rings (SSSR count). The number of hydrogen-bond acceptors (Lipinski definition) is 3. The minimum absolute atomic E-state index is 0.181. The summed E-state index contributed by atoms with van der Waals surface area (Å²) in [5.74, 6) is 0.0918. The molecule has 1 aliphatic heterocycles. The van der Waals surface area contributed by atoms with E-state index in [0.717, 1.165) is 23.4 Å². The molecule has 0 saturated heterocycles. The highest BCUT2D eigenvalue weighted by molar-refractivity contribution is 7.99. The minimum Gasteiger partial charge on any atom is -0.480 e. The number of pyridine rings is 1. The fourth-order valence-corrected chi connectivity index (χ4v) is 3.90. The first-order valence-electron chi connectivity index (χ1n) is 5.71. The molecular formula is C12H13NO3S. The normalized spacial score (nSPS) is 22.5. The average Bonchev–Trinajstić information content (AvgIpc) is 2.95. The van der Waals surface area contributed by atoms with Gasteiger partial charge in [-0.15, -0.1) is 11.8 Å². The smallest absolute Gasteiger partial charge is 0.327 e. The summed E-state index contributed by atoms with van der Waals surface area (Å²) >= 11 is 1.51. The van der Waals surface area contributed by atoms with E-state index >= 15 is 0 Å². The highest BCUT2D eigenvalue weighted by Crippen LogP contribution is 2.47. The van der Waals surface area contributed by atoms with Crippen LogP contribution >= 0.6 is 11.8 Å². The van der Waals surface area contributed by atoms with Gasteiger partial charge in [0, 0.05) is 11.8 Å². The Balaban J connectivity index is 2.22. The zero-order valence-corrected chi connectivity index (χ0v) is 10.3. The van der Waals surface area contributed by atoms with E-state index in [4.69, 9.17) is 5.11 Å². The maximum absolute atomic E-state index is 11.9. The van der Waals surface area contributed by atoms with Gasteiger partial charge in [0.15, 0.2) is 0 Å². The van der Waals surface area contributed by atoms with Crippen molar-refractivity contribution >= 4 is 17.7 Å². The molecule has 1 aliphatic carbocycles.